The number of nitrogens with one attached hydrogen (secondary N) is 1. The molecular weight excluding hydrogens is 458 g/mol. The number of nitro groups is 1. The van der Waals surface area contributed by atoms with Crippen LogP contribution >= 0.6 is 0 Å². The van der Waals surface area contributed by atoms with Gasteiger partial charge in [0.05, 0.1) is 58.2 Å². The summed E-state index contributed by atoms with van der Waals surface area (Å²) in [5.74, 6) is 1.03. The summed E-state index contributed by atoms with van der Waals surface area (Å²) in [6.45, 7) is 4.78. The Bertz CT molecular complexity index is 1040. The van der Waals surface area contributed by atoms with Crippen molar-refractivity contribution >= 4 is 11.6 Å². The normalized spacial score (nSPS) is 14.6. The Hall–Kier alpha value is -3.57. The van der Waals surface area contributed by atoms with Crippen LogP contribution in [0.5, 0.6) is 23.0 Å². The van der Waals surface area contributed by atoms with E-state index in [9.17, 15) is 14.9 Å². The summed E-state index contributed by atoms with van der Waals surface area (Å²) in [6, 6.07) is 7.92. The fraction of sp³-hybridized carbons (Fsp3) is 0.458. The van der Waals surface area contributed by atoms with Gasteiger partial charge in [0, 0.05) is 25.7 Å². The van der Waals surface area contributed by atoms with Crippen LogP contribution in [0, 0.1) is 10.1 Å². The summed E-state index contributed by atoms with van der Waals surface area (Å²) in [5, 5.41) is 14.6. The highest BCUT2D eigenvalue weighted by atomic mass is 16.6. The first-order valence-corrected chi connectivity index (χ1v) is 11.2. The summed E-state index contributed by atoms with van der Waals surface area (Å²) in [5.41, 5.74) is 0.438. The lowest BCUT2D eigenvalue weighted by molar-refractivity contribution is -0.385. The molecule has 1 fully saturated rings. The van der Waals surface area contributed by atoms with Crippen molar-refractivity contribution in [1.82, 2.24) is 10.2 Å². The van der Waals surface area contributed by atoms with Crippen molar-refractivity contribution < 1.29 is 33.4 Å². The smallest absolute Gasteiger partial charge is 0.286 e. The molecule has 0 aromatic heterocycles. The lowest BCUT2D eigenvalue weighted by Gasteiger charge is -2.35. The van der Waals surface area contributed by atoms with Gasteiger partial charge in [-0.05, 0) is 24.6 Å². The molecule has 2 aromatic rings. The molecule has 1 saturated heterocycles. The van der Waals surface area contributed by atoms with E-state index in [0.29, 0.717) is 44.4 Å². The third-order valence-corrected chi connectivity index (χ3v) is 5.76. The molecule has 11 nitrogen and oxygen atoms in total. The Labute approximate surface area is 204 Å². The minimum Gasteiger partial charge on any atom is -0.493 e. The molecule has 0 saturated carbocycles. The molecule has 11 heteroatoms. The van der Waals surface area contributed by atoms with Crippen molar-refractivity contribution in [1.29, 1.82) is 0 Å². The largest absolute Gasteiger partial charge is 0.493 e. The van der Waals surface area contributed by atoms with Crippen LogP contribution in [0.2, 0.25) is 0 Å². The van der Waals surface area contributed by atoms with Gasteiger partial charge in [0.1, 0.15) is 5.56 Å². The van der Waals surface area contributed by atoms with Crippen LogP contribution in [0.3, 0.4) is 0 Å². The van der Waals surface area contributed by atoms with E-state index in [1.54, 1.807) is 21.1 Å². The van der Waals surface area contributed by atoms with Gasteiger partial charge >= 0.3 is 0 Å². The molecule has 1 atom stereocenters. The third-order valence-electron chi connectivity index (χ3n) is 5.76. The van der Waals surface area contributed by atoms with Crippen molar-refractivity contribution in [2.24, 2.45) is 0 Å². The number of rotatable bonds is 11. The van der Waals surface area contributed by atoms with Crippen molar-refractivity contribution in [2.75, 3.05) is 60.8 Å². The number of morpholine rings is 1. The van der Waals surface area contributed by atoms with Crippen LogP contribution < -0.4 is 24.3 Å². The van der Waals surface area contributed by atoms with Crippen molar-refractivity contribution in [3.05, 3.63) is 51.6 Å². The fourth-order valence-corrected chi connectivity index (χ4v) is 4.00. The number of amides is 1. The number of carbonyl (C=O) groups excluding carboxylic acids is 1. The average Bonchev–Trinajstić information content (AvgIpc) is 2.88. The summed E-state index contributed by atoms with van der Waals surface area (Å²) in [4.78, 5) is 26.4. The number of ether oxygens (including phenoxy) is 5. The molecule has 190 valence electrons. The zero-order chi connectivity index (χ0) is 25.4. The summed E-state index contributed by atoms with van der Waals surface area (Å²) >= 11 is 0. The molecule has 35 heavy (non-hydrogen) atoms. The standard InChI is InChI=1S/C24H31N3O8/c1-5-35-23-13-17(18(27(29)30)14-22(23)33-4)24(28)25-15-19(26-8-10-34-11-9-26)16-6-7-20(31-2)21(12-16)32-3/h6-7,12-14,19H,5,8-11,15H2,1-4H3,(H,25,28). The number of nitro benzene ring substituents is 1. The molecule has 3 rings (SSSR count). The number of nitrogens with zero attached hydrogens (tertiary/aromatic N) is 2. The maximum Gasteiger partial charge on any atom is 0.286 e. The lowest BCUT2D eigenvalue weighted by atomic mass is 10.0. The Morgan fingerprint density at radius 1 is 1.06 bits per heavy atom. The minimum atomic E-state index is -0.610. The highest BCUT2D eigenvalue weighted by Gasteiger charge is 2.28. The average molecular weight is 490 g/mol. The lowest BCUT2D eigenvalue weighted by Crippen LogP contribution is -2.43. The van der Waals surface area contributed by atoms with Gasteiger partial charge in [-0.15, -0.1) is 0 Å². The van der Waals surface area contributed by atoms with Crippen molar-refractivity contribution in [3.8, 4) is 23.0 Å². The third kappa shape index (κ3) is 6.11. The number of hydrogen-bond donors (Lipinski definition) is 1. The maximum atomic E-state index is 13.2. The molecular formula is C24H31N3O8. The van der Waals surface area contributed by atoms with E-state index in [4.69, 9.17) is 23.7 Å². The first-order valence-electron chi connectivity index (χ1n) is 11.2. The summed E-state index contributed by atoms with van der Waals surface area (Å²) in [7, 11) is 4.51. The maximum absolute atomic E-state index is 13.2. The molecule has 1 heterocycles. The molecule has 1 aliphatic rings. The number of carbonyl (C=O) groups is 1. The van der Waals surface area contributed by atoms with Crippen LogP contribution in [0.15, 0.2) is 30.3 Å². The van der Waals surface area contributed by atoms with E-state index >= 15 is 0 Å². The second kappa shape index (κ2) is 12.2. The van der Waals surface area contributed by atoms with Crippen molar-refractivity contribution in [3.63, 3.8) is 0 Å². The second-order valence-corrected chi connectivity index (χ2v) is 7.70. The zero-order valence-electron chi connectivity index (χ0n) is 20.4. The molecule has 1 amide bonds. The molecule has 1 aliphatic heterocycles. The van der Waals surface area contributed by atoms with Gasteiger partial charge in [0.15, 0.2) is 23.0 Å². The number of benzene rings is 2. The SMILES string of the molecule is CCOc1cc(C(=O)NCC(c2ccc(OC)c(OC)c2)N2CCOCC2)c([N+](=O)[O-])cc1OC. The van der Waals surface area contributed by atoms with E-state index in [2.05, 4.69) is 10.2 Å². The molecule has 0 radical (unpaired) electrons. The van der Waals surface area contributed by atoms with Gasteiger partial charge in [-0.25, -0.2) is 0 Å². The van der Waals surface area contributed by atoms with E-state index in [0.717, 1.165) is 5.56 Å². The predicted octanol–water partition coefficient (Wildman–Crippen LogP) is 2.82. The van der Waals surface area contributed by atoms with Gasteiger partial charge in [0.2, 0.25) is 0 Å². The topological polar surface area (TPSA) is 122 Å². The molecule has 0 aliphatic carbocycles. The molecule has 0 spiro atoms. The monoisotopic (exact) mass is 489 g/mol. The van der Waals surface area contributed by atoms with Crippen molar-refractivity contribution in [2.45, 2.75) is 13.0 Å². The predicted molar refractivity (Wildman–Crippen MR) is 128 cm³/mol. The highest BCUT2D eigenvalue weighted by molar-refractivity contribution is 5.99. The van der Waals surface area contributed by atoms with Crippen LogP contribution in [0.4, 0.5) is 5.69 Å². The Kier molecular flexibility index (Phi) is 9.10. The van der Waals surface area contributed by atoms with E-state index in [1.165, 1.54) is 19.2 Å². The first kappa shape index (κ1) is 26.0. The summed E-state index contributed by atoms with van der Waals surface area (Å²) in [6.07, 6.45) is 0. The Morgan fingerprint density at radius 3 is 2.31 bits per heavy atom. The quantitative estimate of drug-likeness (QED) is 0.375. The van der Waals surface area contributed by atoms with Crippen LogP contribution in [-0.2, 0) is 4.74 Å². The molecule has 2 aromatic carbocycles. The van der Waals surface area contributed by atoms with E-state index in [-0.39, 0.29) is 35.3 Å². The Morgan fingerprint density at radius 2 is 1.71 bits per heavy atom. The molecule has 1 N–H and O–H groups in total. The van der Waals surface area contributed by atoms with Crippen LogP contribution in [0.25, 0.3) is 0 Å². The minimum absolute atomic E-state index is 0.104. The van der Waals surface area contributed by atoms with Gasteiger partial charge < -0.3 is 29.0 Å². The van der Waals surface area contributed by atoms with Gasteiger partial charge in [-0.1, -0.05) is 6.07 Å². The van der Waals surface area contributed by atoms with E-state index < -0.39 is 10.8 Å². The van der Waals surface area contributed by atoms with Gasteiger partial charge in [0.25, 0.3) is 11.6 Å². The highest BCUT2D eigenvalue weighted by Crippen LogP contribution is 2.35. The van der Waals surface area contributed by atoms with Crippen LogP contribution in [0.1, 0.15) is 28.9 Å². The number of methoxy groups -OCH3 is 3. The van der Waals surface area contributed by atoms with E-state index in [1.807, 2.05) is 18.2 Å². The molecule has 1 unspecified atom stereocenters. The molecule has 0 bridgehead atoms. The fourth-order valence-electron chi connectivity index (χ4n) is 4.00. The second-order valence-electron chi connectivity index (χ2n) is 7.70. The van der Waals surface area contributed by atoms with Gasteiger partial charge in [-0.3, -0.25) is 19.8 Å². The van der Waals surface area contributed by atoms with Crippen LogP contribution in [-0.4, -0.2) is 76.5 Å². The number of hydrogen-bond acceptors (Lipinski definition) is 9. The first-order chi connectivity index (χ1) is 16.9. The summed E-state index contributed by atoms with van der Waals surface area (Å²) < 4.78 is 27.0. The Balaban J connectivity index is 1.90. The zero-order valence-corrected chi connectivity index (χ0v) is 20.4. The van der Waals surface area contributed by atoms with Gasteiger partial charge in [-0.2, -0.15) is 0 Å².